The zero-order valence-electron chi connectivity index (χ0n) is 13.2. The molecule has 0 aliphatic carbocycles. The van der Waals surface area contributed by atoms with Crippen LogP contribution in [0.25, 0.3) is 0 Å². The molecule has 0 amide bonds. The van der Waals surface area contributed by atoms with Crippen LogP contribution in [0, 0.1) is 0 Å². The summed E-state index contributed by atoms with van der Waals surface area (Å²) < 4.78 is 25.1. The van der Waals surface area contributed by atoms with Gasteiger partial charge in [0.1, 0.15) is 0 Å². The molecule has 0 spiro atoms. The lowest BCUT2D eigenvalue weighted by Gasteiger charge is -2.18. The zero-order chi connectivity index (χ0) is 15.4. The smallest absolute Gasteiger partial charge is 0.157 e. The number of aromatic nitrogens is 2. The molecule has 0 radical (unpaired) electrons. The fourth-order valence-electron chi connectivity index (χ4n) is 1.72. The minimum Gasteiger partial charge on any atom is -0.310 e. The quantitative estimate of drug-likeness (QED) is 0.838. The summed E-state index contributed by atoms with van der Waals surface area (Å²) in [5.41, 5.74) is 1.09. The van der Waals surface area contributed by atoms with Gasteiger partial charge in [-0.15, -0.1) is 0 Å². The van der Waals surface area contributed by atoms with E-state index in [9.17, 15) is 8.42 Å². The van der Waals surface area contributed by atoms with Crippen LogP contribution in [0.4, 0.5) is 0 Å². The Hall–Kier alpha value is -0.880. The van der Waals surface area contributed by atoms with Gasteiger partial charge < -0.3 is 5.32 Å². The molecule has 116 valence electrons. The van der Waals surface area contributed by atoms with E-state index in [4.69, 9.17) is 0 Å². The number of nitrogens with zero attached hydrogens (tertiary/aromatic N) is 2. The highest BCUT2D eigenvalue weighted by atomic mass is 32.2. The predicted molar refractivity (Wildman–Crippen MR) is 82.5 cm³/mol. The van der Waals surface area contributed by atoms with E-state index in [1.807, 2.05) is 6.20 Å². The van der Waals surface area contributed by atoms with Crippen LogP contribution >= 0.6 is 0 Å². The summed E-state index contributed by atoms with van der Waals surface area (Å²) in [4.78, 5) is 0. The molecular formula is C14H27N3O2S. The molecule has 6 heteroatoms. The highest BCUT2D eigenvalue weighted by molar-refractivity contribution is 7.92. The largest absolute Gasteiger partial charge is 0.310 e. The molecule has 0 bridgehead atoms. The van der Waals surface area contributed by atoms with Gasteiger partial charge in [0, 0.05) is 17.8 Å². The summed E-state index contributed by atoms with van der Waals surface area (Å²) in [5, 5.41) is 7.63. The van der Waals surface area contributed by atoms with E-state index >= 15 is 0 Å². The van der Waals surface area contributed by atoms with Crippen LogP contribution in [0.1, 0.15) is 52.6 Å². The van der Waals surface area contributed by atoms with Gasteiger partial charge in [0.15, 0.2) is 9.84 Å². The third kappa shape index (κ3) is 4.59. The van der Waals surface area contributed by atoms with Crippen LogP contribution < -0.4 is 5.32 Å². The van der Waals surface area contributed by atoms with Gasteiger partial charge in [0.05, 0.1) is 23.2 Å². The fraction of sp³-hybridized carbons (Fsp3) is 0.786. The third-order valence-electron chi connectivity index (χ3n) is 3.38. The molecule has 0 fully saturated rings. The second-order valence-corrected chi connectivity index (χ2v) is 9.01. The van der Waals surface area contributed by atoms with E-state index in [1.165, 1.54) is 0 Å². The summed E-state index contributed by atoms with van der Waals surface area (Å²) in [7, 11) is -3.10. The normalized spacial score (nSPS) is 14.4. The highest BCUT2D eigenvalue weighted by Crippen LogP contribution is 2.16. The Morgan fingerprint density at radius 1 is 1.40 bits per heavy atom. The van der Waals surface area contributed by atoms with Crippen molar-refractivity contribution in [2.75, 3.05) is 12.3 Å². The lowest BCUT2D eigenvalue weighted by molar-refractivity contribution is 0.547. The first-order valence-electron chi connectivity index (χ1n) is 7.15. The zero-order valence-corrected chi connectivity index (χ0v) is 14.0. The van der Waals surface area contributed by atoms with Crippen LogP contribution in [0.15, 0.2) is 12.4 Å². The average molecular weight is 301 g/mol. The molecule has 1 aromatic heterocycles. The van der Waals surface area contributed by atoms with Gasteiger partial charge in [-0.05, 0) is 40.7 Å². The Kier molecular flexibility index (Phi) is 5.77. The molecule has 0 aromatic carbocycles. The van der Waals surface area contributed by atoms with E-state index in [0.717, 1.165) is 18.5 Å². The number of aryl methyl sites for hydroxylation is 1. The SMILES string of the molecule is CCCNC(C)c1cnn(CCS(=O)(=O)C(C)(C)C)c1. The van der Waals surface area contributed by atoms with Gasteiger partial charge >= 0.3 is 0 Å². The van der Waals surface area contributed by atoms with Gasteiger partial charge in [-0.1, -0.05) is 6.92 Å². The van der Waals surface area contributed by atoms with Crippen molar-refractivity contribution in [3.8, 4) is 0 Å². The molecule has 1 aromatic rings. The summed E-state index contributed by atoms with van der Waals surface area (Å²) in [6, 6.07) is 0.239. The molecule has 0 aliphatic heterocycles. The summed E-state index contributed by atoms with van der Waals surface area (Å²) in [6.45, 7) is 10.8. The molecule has 0 aliphatic rings. The molecule has 0 saturated heterocycles. The fourth-order valence-corrected chi connectivity index (χ4v) is 2.76. The van der Waals surface area contributed by atoms with Crippen LogP contribution in [-0.4, -0.2) is 35.2 Å². The third-order valence-corrected chi connectivity index (χ3v) is 5.96. The molecule has 20 heavy (non-hydrogen) atoms. The molecular weight excluding hydrogens is 274 g/mol. The van der Waals surface area contributed by atoms with Crippen molar-refractivity contribution in [2.45, 2.75) is 58.4 Å². The number of nitrogens with one attached hydrogen (secondary N) is 1. The molecule has 0 saturated carbocycles. The molecule has 1 N–H and O–H groups in total. The van der Waals surface area contributed by atoms with Crippen LogP contribution in [0.3, 0.4) is 0 Å². The van der Waals surface area contributed by atoms with E-state index in [0.29, 0.717) is 6.54 Å². The van der Waals surface area contributed by atoms with Crippen molar-refractivity contribution in [2.24, 2.45) is 0 Å². The first-order valence-corrected chi connectivity index (χ1v) is 8.80. The maximum Gasteiger partial charge on any atom is 0.157 e. The molecule has 1 unspecified atom stereocenters. The van der Waals surface area contributed by atoms with Crippen molar-refractivity contribution in [3.63, 3.8) is 0 Å². The second-order valence-electron chi connectivity index (χ2n) is 6.14. The van der Waals surface area contributed by atoms with E-state index in [2.05, 4.69) is 24.3 Å². The second kappa shape index (κ2) is 6.72. The van der Waals surface area contributed by atoms with Crippen LogP contribution in [0.5, 0.6) is 0 Å². The van der Waals surface area contributed by atoms with Crippen molar-refractivity contribution in [1.29, 1.82) is 0 Å². The van der Waals surface area contributed by atoms with Gasteiger partial charge in [0.25, 0.3) is 0 Å². The Morgan fingerprint density at radius 3 is 2.60 bits per heavy atom. The molecule has 1 rings (SSSR count). The number of rotatable bonds is 7. The Balaban J connectivity index is 2.61. The van der Waals surface area contributed by atoms with Gasteiger partial charge in [-0.2, -0.15) is 5.10 Å². The van der Waals surface area contributed by atoms with Gasteiger partial charge in [0.2, 0.25) is 0 Å². The summed E-state index contributed by atoms with van der Waals surface area (Å²) in [5.74, 6) is 0.119. The first kappa shape index (κ1) is 17.2. The van der Waals surface area contributed by atoms with E-state index < -0.39 is 14.6 Å². The number of hydrogen-bond acceptors (Lipinski definition) is 4. The Bertz CT molecular complexity index is 515. The van der Waals surface area contributed by atoms with Gasteiger partial charge in [-0.3, -0.25) is 4.68 Å². The summed E-state index contributed by atoms with van der Waals surface area (Å²) >= 11 is 0. The predicted octanol–water partition coefficient (Wildman–Crippen LogP) is 2.16. The number of hydrogen-bond donors (Lipinski definition) is 1. The maximum atomic E-state index is 12.1. The number of sulfone groups is 1. The molecule has 1 atom stereocenters. The van der Waals surface area contributed by atoms with E-state index in [-0.39, 0.29) is 11.8 Å². The Morgan fingerprint density at radius 2 is 2.05 bits per heavy atom. The lowest BCUT2D eigenvalue weighted by atomic mass is 10.2. The average Bonchev–Trinajstić information content (AvgIpc) is 2.81. The van der Waals surface area contributed by atoms with Crippen molar-refractivity contribution < 1.29 is 8.42 Å². The van der Waals surface area contributed by atoms with Crippen molar-refractivity contribution in [3.05, 3.63) is 18.0 Å². The minimum absolute atomic E-state index is 0.119. The van der Waals surface area contributed by atoms with Crippen molar-refractivity contribution >= 4 is 9.84 Å². The Labute approximate surface area is 122 Å². The van der Waals surface area contributed by atoms with Crippen LogP contribution in [-0.2, 0) is 16.4 Å². The monoisotopic (exact) mass is 301 g/mol. The van der Waals surface area contributed by atoms with Gasteiger partial charge in [-0.25, -0.2) is 8.42 Å². The minimum atomic E-state index is -3.10. The van der Waals surface area contributed by atoms with E-state index in [1.54, 1.807) is 31.6 Å². The molecule has 1 heterocycles. The first-order chi connectivity index (χ1) is 9.17. The highest BCUT2D eigenvalue weighted by Gasteiger charge is 2.28. The summed E-state index contributed by atoms with van der Waals surface area (Å²) in [6.07, 6.45) is 4.81. The topological polar surface area (TPSA) is 64.0 Å². The lowest BCUT2D eigenvalue weighted by Crippen LogP contribution is -2.32. The molecule has 5 nitrogen and oxygen atoms in total. The maximum absolute atomic E-state index is 12.1. The van der Waals surface area contributed by atoms with Crippen LogP contribution in [0.2, 0.25) is 0 Å². The van der Waals surface area contributed by atoms with Crippen molar-refractivity contribution in [1.82, 2.24) is 15.1 Å². The standard InChI is InChI=1S/C14H27N3O2S/c1-6-7-15-12(2)13-10-16-17(11-13)8-9-20(18,19)14(3,4)5/h10-12,15H,6-9H2,1-5H3.